The van der Waals surface area contributed by atoms with Crippen LogP contribution in [0.3, 0.4) is 0 Å². The summed E-state index contributed by atoms with van der Waals surface area (Å²) in [6.07, 6.45) is 9.27. The lowest BCUT2D eigenvalue weighted by molar-refractivity contribution is -0.128. The zero-order valence-electron chi connectivity index (χ0n) is 18.1. The summed E-state index contributed by atoms with van der Waals surface area (Å²) in [7, 11) is 0. The molecule has 1 aromatic carbocycles. The minimum absolute atomic E-state index is 0.0321. The molecule has 0 radical (unpaired) electrons. The summed E-state index contributed by atoms with van der Waals surface area (Å²) in [5.74, 6) is -0.0427. The molecule has 2 N–H and O–H groups in total. The fraction of sp³-hybridized carbons (Fsp3) is 0.458. The summed E-state index contributed by atoms with van der Waals surface area (Å²) in [5.41, 5.74) is 0.0694. The third-order valence-electron chi connectivity index (χ3n) is 6.20. The first-order valence-electron chi connectivity index (χ1n) is 11.1. The molecular formula is C24H28FN3O3S. The monoisotopic (exact) mass is 457 g/mol. The van der Waals surface area contributed by atoms with Crippen molar-refractivity contribution in [3.63, 3.8) is 0 Å². The van der Waals surface area contributed by atoms with Crippen LogP contribution < -0.4 is 15.4 Å². The lowest BCUT2D eigenvalue weighted by Gasteiger charge is -2.32. The highest BCUT2D eigenvalue weighted by atomic mass is 32.2. The smallest absolute Gasteiger partial charge is 0.257 e. The van der Waals surface area contributed by atoms with Gasteiger partial charge in [-0.05, 0) is 69.0 Å². The van der Waals surface area contributed by atoms with Gasteiger partial charge in [0.05, 0.1) is 6.20 Å². The molecule has 0 bridgehead atoms. The molecule has 8 heteroatoms. The summed E-state index contributed by atoms with van der Waals surface area (Å²) in [6.45, 7) is 0. The molecule has 4 rings (SSSR count). The molecule has 2 aliphatic carbocycles. The van der Waals surface area contributed by atoms with Crippen LogP contribution in [0.2, 0.25) is 0 Å². The van der Waals surface area contributed by atoms with E-state index in [9.17, 15) is 14.0 Å². The number of nitrogens with one attached hydrogen (secondary N) is 2. The molecule has 2 aromatic rings. The second-order valence-corrected chi connectivity index (χ2v) is 9.33. The zero-order valence-corrected chi connectivity index (χ0v) is 18.9. The first-order chi connectivity index (χ1) is 15.5. The third kappa shape index (κ3) is 5.59. The van der Waals surface area contributed by atoms with Crippen LogP contribution in [0.25, 0.3) is 0 Å². The quantitative estimate of drug-likeness (QED) is 0.590. The summed E-state index contributed by atoms with van der Waals surface area (Å²) in [4.78, 5) is 30.1. The van der Waals surface area contributed by atoms with Crippen LogP contribution in [0.1, 0.15) is 55.3 Å². The van der Waals surface area contributed by atoms with Gasteiger partial charge in [0.25, 0.3) is 5.91 Å². The molecule has 0 aliphatic heterocycles. The average Bonchev–Trinajstić information content (AvgIpc) is 2.75. The number of benzene rings is 1. The molecule has 0 atom stereocenters. The van der Waals surface area contributed by atoms with E-state index in [1.54, 1.807) is 17.8 Å². The molecule has 1 heterocycles. The van der Waals surface area contributed by atoms with E-state index in [0.29, 0.717) is 5.75 Å². The number of halogens is 1. The maximum atomic E-state index is 13.9. The maximum Gasteiger partial charge on any atom is 0.257 e. The molecule has 2 fully saturated rings. The van der Waals surface area contributed by atoms with Crippen molar-refractivity contribution in [2.45, 2.75) is 61.9 Å². The summed E-state index contributed by atoms with van der Waals surface area (Å²) >= 11 is 1.57. The topological polar surface area (TPSA) is 80.3 Å². The minimum Gasteiger partial charge on any atom is -0.438 e. The second-order valence-electron chi connectivity index (χ2n) is 8.45. The fourth-order valence-corrected chi connectivity index (χ4v) is 4.53. The van der Waals surface area contributed by atoms with Crippen molar-refractivity contribution >= 4 is 23.6 Å². The Balaban J connectivity index is 1.36. The van der Waals surface area contributed by atoms with E-state index in [1.165, 1.54) is 0 Å². The predicted octanol–water partition coefficient (Wildman–Crippen LogP) is 4.69. The van der Waals surface area contributed by atoms with E-state index in [0.717, 1.165) is 62.1 Å². The summed E-state index contributed by atoms with van der Waals surface area (Å²) in [5, 5.41) is 6.13. The van der Waals surface area contributed by atoms with Gasteiger partial charge in [-0.1, -0.05) is 12.5 Å². The highest BCUT2D eigenvalue weighted by molar-refractivity contribution is 7.98. The van der Waals surface area contributed by atoms with Crippen LogP contribution in [0.5, 0.6) is 11.6 Å². The molecule has 2 aliphatic rings. The third-order valence-corrected chi connectivity index (χ3v) is 6.93. The van der Waals surface area contributed by atoms with Gasteiger partial charge in [-0.25, -0.2) is 9.37 Å². The molecule has 1 aromatic heterocycles. The van der Waals surface area contributed by atoms with Gasteiger partial charge < -0.3 is 15.4 Å². The van der Waals surface area contributed by atoms with Crippen LogP contribution in [0.4, 0.5) is 4.39 Å². The van der Waals surface area contributed by atoms with Crippen LogP contribution in [-0.4, -0.2) is 35.1 Å². The lowest BCUT2D eigenvalue weighted by atomic mass is 9.84. The van der Waals surface area contributed by atoms with Gasteiger partial charge in [0.2, 0.25) is 11.8 Å². The lowest BCUT2D eigenvalue weighted by Crippen LogP contribution is -2.46. The van der Waals surface area contributed by atoms with Gasteiger partial charge in [0, 0.05) is 22.9 Å². The largest absolute Gasteiger partial charge is 0.438 e. The second kappa shape index (κ2) is 10.3. The molecule has 0 spiro atoms. The minimum atomic E-state index is -0.595. The fourth-order valence-electron chi connectivity index (χ4n) is 4.08. The standard InChI is InChI=1S/C24H28FN3O3S/c1-32-20-7-3-6-19(13-20)31-24-21(12-16(25)14-26-24)23(30)28-18-10-8-17(9-11-18)27-22(29)15-4-2-5-15/h3,6-7,12-15,17-18H,2,4-5,8-11H2,1H3,(H,27,29)(H,28,30)/t17-,18+. The van der Waals surface area contributed by atoms with Gasteiger partial charge in [0.15, 0.2) is 0 Å². The number of thioether (sulfide) groups is 1. The van der Waals surface area contributed by atoms with Crippen molar-refractivity contribution in [2.75, 3.05) is 6.26 Å². The molecule has 170 valence electrons. The Hall–Kier alpha value is -2.61. The maximum absolute atomic E-state index is 13.9. The number of nitrogens with zero attached hydrogens (tertiary/aromatic N) is 1. The summed E-state index contributed by atoms with van der Waals surface area (Å²) < 4.78 is 19.7. The number of rotatable bonds is 7. The molecule has 0 saturated heterocycles. The average molecular weight is 458 g/mol. The number of ether oxygens (including phenoxy) is 1. The zero-order chi connectivity index (χ0) is 22.5. The predicted molar refractivity (Wildman–Crippen MR) is 121 cm³/mol. The first-order valence-corrected chi connectivity index (χ1v) is 12.3. The van der Waals surface area contributed by atoms with Crippen molar-refractivity contribution in [3.05, 3.63) is 47.9 Å². The number of aromatic nitrogens is 1. The van der Waals surface area contributed by atoms with E-state index in [2.05, 4.69) is 15.6 Å². The van der Waals surface area contributed by atoms with Crippen molar-refractivity contribution in [2.24, 2.45) is 5.92 Å². The Kier molecular flexibility index (Phi) is 7.29. The number of carbonyl (C=O) groups is 2. The Morgan fingerprint density at radius 2 is 1.78 bits per heavy atom. The highest BCUT2D eigenvalue weighted by Gasteiger charge is 2.29. The normalized spacial score (nSPS) is 20.8. The molecular weight excluding hydrogens is 429 g/mol. The Bertz CT molecular complexity index is 975. The number of hydrogen-bond acceptors (Lipinski definition) is 5. The molecule has 32 heavy (non-hydrogen) atoms. The van der Waals surface area contributed by atoms with E-state index in [1.807, 2.05) is 24.5 Å². The highest BCUT2D eigenvalue weighted by Crippen LogP contribution is 2.29. The molecule has 2 amide bonds. The molecule has 0 unspecified atom stereocenters. The molecule has 2 saturated carbocycles. The SMILES string of the molecule is CSc1cccc(Oc2ncc(F)cc2C(=O)N[C@H]2CC[C@@H](NC(=O)C3CCC3)CC2)c1. The van der Waals surface area contributed by atoms with Crippen molar-refractivity contribution in [1.82, 2.24) is 15.6 Å². The number of amides is 2. The Morgan fingerprint density at radius 3 is 2.44 bits per heavy atom. The van der Waals surface area contributed by atoms with E-state index >= 15 is 0 Å². The summed E-state index contributed by atoms with van der Waals surface area (Å²) in [6, 6.07) is 8.70. The van der Waals surface area contributed by atoms with Crippen LogP contribution in [-0.2, 0) is 4.79 Å². The number of pyridine rings is 1. The van der Waals surface area contributed by atoms with Crippen molar-refractivity contribution in [3.8, 4) is 11.6 Å². The number of carbonyl (C=O) groups excluding carboxylic acids is 2. The first kappa shape index (κ1) is 22.6. The van der Waals surface area contributed by atoms with E-state index < -0.39 is 11.7 Å². The number of hydrogen-bond donors (Lipinski definition) is 2. The van der Waals surface area contributed by atoms with Crippen molar-refractivity contribution in [1.29, 1.82) is 0 Å². The van der Waals surface area contributed by atoms with E-state index in [4.69, 9.17) is 4.74 Å². The molecule has 6 nitrogen and oxygen atoms in total. The van der Waals surface area contributed by atoms with Crippen molar-refractivity contribution < 1.29 is 18.7 Å². The van der Waals surface area contributed by atoms with Gasteiger partial charge in [-0.2, -0.15) is 0 Å². The van der Waals surface area contributed by atoms with Crippen LogP contribution in [0, 0.1) is 11.7 Å². The Morgan fingerprint density at radius 1 is 1.06 bits per heavy atom. The van der Waals surface area contributed by atoms with E-state index in [-0.39, 0.29) is 35.4 Å². The van der Waals surface area contributed by atoms with Crippen LogP contribution in [0.15, 0.2) is 41.4 Å². The van der Waals surface area contributed by atoms with Crippen LogP contribution >= 0.6 is 11.8 Å². The Labute approximate surface area is 191 Å². The van der Waals surface area contributed by atoms with Gasteiger partial charge in [-0.3, -0.25) is 9.59 Å². The van der Waals surface area contributed by atoms with Gasteiger partial charge in [-0.15, -0.1) is 11.8 Å². The van der Waals surface area contributed by atoms with Gasteiger partial charge >= 0.3 is 0 Å². The van der Waals surface area contributed by atoms with Gasteiger partial charge in [0.1, 0.15) is 17.1 Å².